The average Bonchev–Trinajstić information content (AvgIpc) is 3.29. The molecule has 1 aromatic carbocycles. The molecule has 1 N–H and O–H groups in total. The molecule has 1 aliphatic heterocycles. The third kappa shape index (κ3) is 8.98. The fraction of sp³-hybridized carbons (Fsp3) is 0.667. The molecular weight excluding hydrogens is 466 g/mol. The molecule has 38 heavy (non-hydrogen) atoms. The van der Waals surface area contributed by atoms with Gasteiger partial charge in [-0.15, -0.1) is 0 Å². The van der Waals surface area contributed by atoms with Crippen LogP contribution in [0, 0.1) is 11.8 Å². The average molecular weight is 524 g/mol. The highest BCUT2D eigenvalue weighted by atomic mass is 15.2. The Morgan fingerprint density at radius 2 is 1.87 bits per heavy atom. The highest BCUT2D eigenvalue weighted by Gasteiger charge is 2.34. The van der Waals surface area contributed by atoms with Crippen LogP contribution in [0.3, 0.4) is 0 Å². The minimum absolute atomic E-state index is 0.503. The van der Waals surface area contributed by atoms with E-state index in [-0.39, 0.29) is 0 Å². The standard InChI is InChI=1S/C21H28N4.C10H23N.C2H6/c1-4-25-18-12-6-5-11-17(18)22-20(25)15-24(3)19-13-7-9-16-10-8-14-23(2)21(16)19;1-5-10(4)6-7-11-8-9(2)3;1-2/h5-6,8,10-12,14,19,21H,4,7,9,13,15H2,1-3H3;9-11H,5-8H2,1-4H3;1-2H3. The number of likely N-dealkylation sites (N-methyl/N-ethyl adjacent to an activating group) is 2. The van der Waals surface area contributed by atoms with Crippen molar-refractivity contribution in [2.24, 2.45) is 11.8 Å². The van der Waals surface area contributed by atoms with Crippen molar-refractivity contribution in [3.8, 4) is 0 Å². The zero-order chi connectivity index (χ0) is 28.1. The van der Waals surface area contributed by atoms with Gasteiger partial charge in [-0.05, 0) is 94.6 Å². The maximum absolute atomic E-state index is 4.92. The van der Waals surface area contributed by atoms with Crippen LogP contribution in [-0.4, -0.2) is 58.6 Å². The predicted octanol–water partition coefficient (Wildman–Crippen LogP) is 7.49. The van der Waals surface area contributed by atoms with Gasteiger partial charge in [0.25, 0.3) is 0 Å². The topological polar surface area (TPSA) is 36.3 Å². The van der Waals surface area contributed by atoms with E-state index < -0.39 is 0 Å². The largest absolute Gasteiger partial charge is 0.372 e. The summed E-state index contributed by atoms with van der Waals surface area (Å²) in [4.78, 5) is 9.82. The normalized spacial score (nSPS) is 19.4. The Kier molecular flexibility index (Phi) is 14.2. The zero-order valence-electron chi connectivity index (χ0n) is 26.0. The number of aryl methyl sites for hydroxylation is 1. The lowest BCUT2D eigenvalue weighted by atomic mass is 9.83. The predicted molar refractivity (Wildman–Crippen MR) is 166 cm³/mol. The summed E-state index contributed by atoms with van der Waals surface area (Å²) in [5.41, 5.74) is 3.93. The van der Waals surface area contributed by atoms with E-state index in [2.05, 4.69) is 111 Å². The molecule has 4 rings (SSSR count). The van der Waals surface area contributed by atoms with Crippen molar-refractivity contribution in [2.75, 3.05) is 27.2 Å². The number of para-hydroxylation sites is 2. The number of hydrogen-bond donors (Lipinski definition) is 1. The minimum Gasteiger partial charge on any atom is -0.372 e. The maximum Gasteiger partial charge on any atom is 0.124 e. The first-order valence-electron chi connectivity index (χ1n) is 15.3. The quantitative estimate of drug-likeness (QED) is 0.327. The molecule has 2 aliphatic rings. The van der Waals surface area contributed by atoms with Gasteiger partial charge in [-0.3, -0.25) is 4.90 Å². The van der Waals surface area contributed by atoms with Gasteiger partial charge in [0.2, 0.25) is 0 Å². The molecule has 5 nitrogen and oxygen atoms in total. The highest BCUT2D eigenvalue weighted by Crippen LogP contribution is 2.33. The fourth-order valence-electron chi connectivity index (χ4n) is 5.52. The second-order valence-corrected chi connectivity index (χ2v) is 11.2. The summed E-state index contributed by atoms with van der Waals surface area (Å²) in [6.07, 6.45) is 13.1. The zero-order valence-corrected chi connectivity index (χ0v) is 26.0. The number of nitrogens with one attached hydrogen (secondary N) is 1. The van der Waals surface area contributed by atoms with Crippen molar-refractivity contribution in [3.05, 3.63) is 54.0 Å². The van der Waals surface area contributed by atoms with Crippen molar-refractivity contribution in [1.82, 2.24) is 24.7 Å². The fourth-order valence-corrected chi connectivity index (χ4v) is 5.52. The van der Waals surface area contributed by atoms with Gasteiger partial charge in [-0.2, -0.15) is 0 Å². The highest BCUT2D eigenvalue weighted by molar-refractivity contribution is 5.75. The Balaban J connectivity index is 0.000000332. The molecule has 0 saturated heterocycles. The summed E-state index contributed by atoms with van der Waals surface area (Å²) < 4.78 is 2.36. The van der Waals surface area contributed by atoms with Crippen LogP contribution in [0.2, 0.25) is 0 Å². The van der Waals surface area contributed by atoms with Crippen LogP contribution in [0.1, 0.15) is 86.4 Å². The first-order chi connectivity index (χ1) is 18.3. The van der Waals surface area contributed by atoms with Crippen LogP contribution in [-0.2, 0) is 13.1 Å². The Bertz CT molecular complexity index is 988. The summed E-state index contributed by atoms with van der Waals surface area (Å²) in [6, 6.07) is 9.52. The number of nitrogens with zero attached hydrogens (tertiary/aromatic N) is 4. The minimum atomic E-state index is 0.503. The van der Waals surface area contributed by atoms with Gasteiger partial charge in [0.1, 0.15) is 5.82 Å². The van der Waals surface area contributed by atoms with Crippen molar-refractivity contribution in [3.63, 3.8) is 0 Å². The third-order valence-corrected chi connectivity index (χ3v) is 7.85. The first kappa shape index (κ1) is 32.1. The van der Waals surface area contributed by atoms with E-state index in [1.165, 1.54) is 50.0 Å². The number of benzene rings is 1. The molecule has 0 radical (unpaired) electrons. The second kappa shape index (κ2) is 16.8. The Hall–Kier alpha value is -2.11. The van der Waals surface area contributed by atoms with E-state index in [9.17, 15) is 0 Å². The molecular formula is C33H57N5. The van der Waals surface area contributed by atoms with Gasteiger partial charge >= 0.3 is 0 Å². The summed E-state index contributed by atoms with van der Waals surface area (Å²) in [7, 11) is 4.47. The molecule has 1 aromatic heterocycles. The maximum atomic E-state index is 4.92. The monoisotopic (exact) mass is 523 g/mol. The molecule has 1 fully saturated rings. The van der Waals surface area contributed by atoms with Crippen molar-refractivity contribution < 1.29 is 0 Å². The molecule has 5 heteroatoms. The van der Waals surface area contributed by atoms with Crippen LogP contribution in [0.15, 0.2) is 48.2 Å². The smallest absolute Gasteiger partial charge is 0.124 e. The molecule has 214 valence electrons. The lowest BCUT2D eigenvalue weighted by Gasteiger charge is -2.44. The number of aromatic nitrogens is 2. The van der Waals surface area contributed by atoms with Gasteiger partial charge in [-0.25, -0.2) is 4.98 Å². The van der Waals surface area contributed by atoms with Gasteiger partial charge in [-0.1, -0.05) is 66.2 Å². The molecule has 0 spiro atoms. The molecule has 2 aromatic rings. The van der Waals surface area contributed by atoms with Gasteiger partial charge in [0.05, 0.1) is 23.6 Å². The van der Waals surface area contributed by atoms with E-state index in [0.717, 1.165) is 37.0 Å². The third-order valence-electron chi connectivity index (χ3n) is 7.85. The Morgan fingerprint density at radius 1 is 1.13 bits per heavy atom. The van der Waals surface area contributed by atoms with E-state index in [4.69, 9.17) is 4.98 Å². The molecule has 0 amide bonds. The second-order valence-electron chi connectivity index (χ2n) is 11.2. The summed E-state index contributed by atoms with van der Waals surface area (Å²) in [5.74, 6) is 2.85. The number of allylic oxidation sites excluding steroid dienone is 2. The molecule has 0 bridgehead atoms. The Labute approximate surface area is 234 Å². The van der Waals surface area contributed by atoms with E-state index >= 15 is 0 Å². The first-order valence-corrected chi connectivity index (χ1v) is 15.3. The van der Waals surface area contributed by atoms with Crippen LogP contribution in [0.4, 0.5) is 0 Å². The van der Waals surface area contributed by atoms with Crippen LogP contribution in [0.5, 0.6) is 0 Å². The van der Waals surface area contributed by atoms with Crippen molar-refractivity contribution in [1.29, 1.82) is 0 Å². The number of hydrogen-bond acceptors (Lipinski definition) is 4. The number of fused-ring (bicyclic) bond motifs is 2. The Morgan fingerprint density at radius 3 is 2.55 bits per heavy atom. The van der Waals surface area contributed by atoms with Gasteiger partial charge < -0.3 is 14.8 Å². The summed E-state index contributed by atoms with van der Waals surface area (Å²) in [6.45, 7) is 19.5. The van der Waals surface area contributed by atoms with Gasteiger partial charge in [0, 0.05) is 19.6 Å². The van der Waals surface area contributed by atoms with Crippen LogP contribution in [0.25, 0.3) is 11.0 Å². The molecule has 2 heterocycles. The van der Waals surface area contributed by atoms with Gasteiger partial charge in [0.15, 0.2) is 0 Å². The van der Waals surface area contributed by atoms with E-state index in [1.807, 2.05) is 13.8 Å². The SMILES string of the molecule is CC.CCC(C)CCNCC(C)C.CCn1c(CN(C)C2CCCC3=CC=CN(C)C32)nc2ccccc21. The van der Waals surface area contributed by atoms with Crippen LogP contribution >= 0.6 is 0 Å². The number of rotatable bonds is 10. The number of imidazole rings is 1. The lowest BCUT2D eigenvalue weighted by molar-refractivity contribution is 0.123. The lowest BCUT2D eigenvalue weighted by Crippen LogP contribution is -2.51. The summed E-state index contributed by atoms with van der Waals surface area (Å²) in [5, 5.41) is 3.45. The van der Waals surface area contributed by atoms with Crippen LogP contribution < -0.4 is 5.32 Å². The molecule has 3 atom stereocenters. The van der Waals surface area contributed by atoms with Crippen molar-refractivity contribution in [2.45, 2.75) is 106 Å². The van der Waals surface area contributed by atoms with E-state index in [1.54, 1.807) is 5.57 Å². The van der Waals surface area contributed by atoms with E-state index in [0.29, 0.717) is 12.1 Å². The molecule has 1 saturated carbocycles. The molecule has 3 unspecified atom stereocenters. The van der Waals surface area contributed by atoms with Crippen molar-refractivity contribution >= 4 is 11.0 Å². The molecule has 1 aliphatic carbocycles. The summed E-state index contributed by atoms with van der Waals surface area (Å²) >= 11 is 0.